The average molecular weight is 417 g/mol. The van der Waals surface area contributed by atoms with Crippen molar-refractivity contribution in [1.29, 1.82) is 5.26 Å². The van der Waals surface area contributed by atoms with Crippen LogP contribution in [0.15, 0.2) is 60.8 Å². The summed E-state index contributed by atoms with van der Waals surface area (Å²) in [5.74, 6) is -1.06. The zero-order chi connectivity index (χ0) is 21.1. The van der Waals surface area contributed by atoms with Gasteiger partial charge in [0.25, 0.3) is 0 Å². The molecule has 0 fully saturated rings. The maximum atomic E-state index is 13.2. The molecule has 2 aromatic carbocycles. The molecule has 0 radical (unpaired) electrons. The van der Waals surface area contributed by atoms with Crippen LogP contribution in [0.1, 0.15) is 27.8 Å². The Balaban J connectivity index is 1.64. The van der Waals surface area contributed by atoms with E-state index in [1.54, 1.807) is 11.6 Å². The maximum absolute atomic E-state index is 13.2. The zero-order valence-corrected chi connectivity index (χ0v) is 16.8. The van der Waals surface area contributed by atoms with Gasteiger partial charge >= 0.3 is 0 Å². The van der Waals surface area contributed by atoms with Crippen molar-refractivity contribution in [2.45, 2.75) is 12.5 Å². The van der Waals surface area contributed by atoms with E-state index in [0.717, 1.165) is 11.1 Å². The number of nitrogens with zero attached hydrogens (tertiary/aromatic N) is 5. The number of halogens is 1. The van der Waals surface area contributed by atoms with Crippen LogP contribution in [0.3, 0.4) is 0 Å². The fourth-order valence-corrected chi connectivity index (χ4v) is 3.38. The van der Waals surface area contributed by atoms with Crippen LogP contribution in [0, 0.1) is 11.3 Å². The lowest BCUT2D eigenvalue weighted by atomic mass is 10.0. The lowest BCUT2D eigenvalue weighted by Gasteiger charge is -2.11. The van der Waals surface area contributed by atoms with Gasteiger partial charge < -0.3 is 9.88 Å². The number of hydrogen-bond acceptors (Lipinski definition) is 6. The molecule has 4 rings (SSSR count). The lowest BCUT2D eigenvalue weighted by Crippen LogP contribution is -2.18. The number of para-hydroxylation sites is 2. The minimum atomic E-state index is -1.14. The van der Waals surface area contributed by atoms with Gasteiger partial charge in [-0.2, -0.15) is 5.26 Å². The summed E-state index contributed by atoms with van der Waals surface area (Å²) in [5.41, 5.74) is 2.57. The number of carbonyl (C=O) groups excluding carboxylic acids is 1. The largest absolute Gasteiger partial charge is 0.350 e. The number of imidazole rings is 1. The number of benzene rings is 2. The molecule has 0 saturated heterocycles. The SMILES string of the molecule is Cn1c(C(C#N)C(=O)c2nc(NCc3ccccc3)ncc2Cl)nc2ccccc21. The second kappa shape index (κ2) is 8.31. The van der Waals surface area contributed by atoms with Gasteiger partial charge in [0.1, 0.15) is 11.5 Å². The summed E-state index contributed by atoms with van der Waals surface area (Å²) in [5, 5.41) is 12.9. The average Bonchev–Trinajstić information content (AvgIpc) is 3.11. The Morgan fingerprint density at radius 1 is 1.17 bits per heavy atom. The Morgan fingerprint density at radius 3 is 2.63 bits per heavy atom. The van der Waals surface area contributed by atoms with Gasteiger partial charge in [-0.15, -0.1) is 0 Å². The first-order valence-corrected chi connectivity index (χ1v) is 9.62. The summed E-state index contributed by atoms with van der Waals surface area (Å²) in [4.78, 5) is 26.1. The standard InChI is InChI=1S/C22H17ClN6O/c1-29-18-10-6-5-9-17(18)27-21(29)15(11-24)20(30)19-16(23)13-26-22(28-19)25-12-14-7-3-2-4-8-14/h2-10,13,15H,12H2,1H3,(H,25,26,28). The monoisotopic (exact) mass is 416 g/mol. The maximum Gasteiger partial charge on any atom is 0.223 e. The predicted molar refractivity (Wildman–Crippen MR) is 114 cm³/mol. The first-order valence-electron chi connectivity index (χ1n) is 9.24. The fraction of sp³-hybridized carbons (Fsp3) is 0.136. The van der Waals surface area contributed by atoms with Gasteiger partial charge in [0.05, 0.1) is 28.3 Å². The van der Waals surface area contributed by atoms with Gasteiger partial charge in [0.15, 0.2) is 5.92 Å². The topological polar surface area (TPSA) is 96.5 Å². The number of hydrogen-bond donors (Lipinski definition) is 1. The van der Waals surface area contributed by atoms with Crippen molar-refractivity contribution in [3.05, 3.63) is 82.9 Å². The molecule has 0 saturated carbocycles. The minimum absolute atomic E-state index is 0.0131. The van der Waals surface area contributed by atoms with E-state index in [2.05, 4.69) is 26.3 Å². The van der Waals surface area contributed by atoms with Crippen molar-refractivity contribution in [3.63, 3.8) is 0 Å². The van der Waals surface area contributed by atoms with Crippen LogP contribution < -0.4 is 5.32 Å². The van der Waals surface area contributed by atoms with Crippen LogP contribution in [0.2, 0.25) is 5.02 Å². The quantitative estimate of drug-likeness (QED) is 0.475. The third kappa shape index (κ3) is 3.73. The Labute approximate surface area is 178 Å². The van der Waals surface area contributed by atoms with Crippen molar-refractivity contribution in [2.75, 3.05) is 5.32 Å². The van der Waals surface area contributed by atoms with Gasteiger partial charge in [0.2, 0.25) is 11.7 Å². The molecule has 1 atom stereocenters. The molecule has 1 N–H and O–H groups in total. The minimum Gasteiger partial charge on any atom is -0.350 e. The molecule has 4 aromatic rings. The summed E-state index contributed by atoms with van der Waals surface area (Å²) in [7, 11) is 1.77. The Hall–Kier alpha value is -3.76. The number of carbonyl (C=O) groups is 1. The molecule has 30 heavy (non-hydrogen) atoms. The molecule has 0 aliphatic rings. The van der Waals surface area contributed by atoms with Crippen molar-refractivity contribution >= 4 is 34.4 Å². The highest BCUT2D eigenvalue weighted by Gasteiger charge is 2.30. The molecular formula is C22H17ClN6O. The van der Waals surface area contributed by atoms with Crippen molar-refractivity contribution in [3.8, 4) is 6.07 Å². The van der Waals surface area contributed by atoms with E-state index >= 15 is 0 Å². The van der Waals surface area contributed by atoms with E-state index in [1.165, 1.54) is 6.20 Å². The van der Waals surface area contributed by atoms with Gasteiger partial charge in [-0.1, -0.05) is 54.1 Å². The van der Waals surface area contributed by atoms with E-state index in [1.807, 2.05) is 54.6 Å². The summed E-state index contributed by atoms with van der Waals surface area (Å²) >= 11 is 6.21. The van der Waals surface area contributed by atoms with Crippen LogP contribution in [0.4, 0.5) is 5.95 Å². The predicted octanol–water partition coefficient (Wildman–Crippen LogP) is 4.12. The second-order valence-corrected chi connectivity index (χ2v) is 7.08. The third-order valence-electron chi connectivity index (χ3n) is 4.74. The van der Waals surface area contributed by atoms with E-state index in [4.69, 9.17) is 11.6 Å². The number of anilines is 1. The molecule has 2 aromatic heterocycles. The lowest BCUT2D eigenvalue weighted by molar-refractivity contribution is 0.0970. The molecule has 0 amide bonds. The van der Waals surface area contributed by atoms with Crippen molar-refractivity contribution < 1.29 is 4.79 Å². The van der Waals surface area contributed by atoms with Crippen LogP contribution >= 0.6 is 11.6 Å². The van der Waals surface area contributed by atoms with Gasteiger partial charge in [-0.25, -0.2) is 15.0 Å². The molecule has 1 unspecified atom stereocenters. The van der Waals surface area contributed by atoms with Crippen LogP contribution in [-0.2, 0) is 13.6 Å². The molecule has 148 valence electrons. The van der Waals surface area contributed by atoms with Crippen molar-refractivity contribution in [1.82, 2.24) is 19.5 Å². The highest BCUT2D eigenvalue weighted by molar-refractivity contribution is 6.33. The molecule has 2 heterocycles. The van der Waals surface area contributed by atoms with E-state index in [9.17, 15) is 10.1 Å². The van der Waals surface area contributed by atoms with E-state index < -0.39 is 11.7 Å². The second-order valence-electron chi connectivity index (χ2n) is 6.67. The molecule has 8 heteroatoms. The smallest absolute Gasteiger partial charge is 0.223 e. The first-order chi connectivity index (χ1) is 14.6. The number of aryl methyl sites for hydroxylation is 1. The zero-order valence-electron chi connectivity index (χ0n) is 16.1. The van der Waals surface area contributed by atoms with Crippen LogP contribution in [0.25, 0.3) is 11.0 Å². The molecular weight excluding hydrogens is 400 g/mol. The number of fused-ring (bicyclic) bond motifs is 1. The van der Waals surface area contributed by atoms with E-state index in [-0.39, 0.29) is 16.7 Å². The summed E-state index contributed by atoms with van der Waals surface area (Å²) < 4.78 is 1.74. The third-order valence-corrected chi connectivity index (χ3v) is 5.02. The summed E-state index contributed by atoms with van der Waals surface area (Å²) in [6.45, 7) is 0.489. The van der Waals surface area contributed by atoms with E-state index in [0.29, 0.717) is 17.9 Å². The van der Waals surface area contributed by atoms with Gasteiger partial charge in [-0.3, -0.25) is 4.79 Å². The highest BCUT2D eigenvalue weighted by atomic mass is 35.5. The molecule has 0 aliphatic carbocycles. The number of nitriles is 1. The number of rotatable bonds is 6. The Morgan fingerprint density at radius 2 is 1.90 bits per heavy atom. The normalized spacial score (nSPS) is 11.8. The molecule has 0 spiro atoms. The van der Waals surface area contributed by atoms with Crippen LogP contribution in [-0.4, -0.2) is 25.3 Å². The number of aromatic nitrogens is 4. The van der Waals surface area contributed by atoms with Gasteiger partial charge in [-0.05, 0) is 17.7 Å². The van der Waals surface area contributed by atoms with Gasteiger partial charge in [0, 0.05) is 13.6 Å². The summed E-state index contributed by atoms with van der Waals surface area (Å²) in [6, 6.07) is 19.2. The molecule has 0 bridgehead atoms. The molecule has 7 nitrogen and oxygen atoms in total. The Bertz CT molecular complexity index is 1260. The number of Topliss-reactive ketones (excluding diaryl/α,β-unsaturated/α-hetero) is 1. The molecule has 0 aliphatic heterocycles. The first kappa shape index (κ1) is 19.6. The Kier molecular flexibility index (Phi) is 5.42. The summed E-state index contributed by atoms with van der Waals surface area (Å²) in [6.07, 6.45) is 1.36. The van der Waals surface area contributed by atoms with Crippen molar-refractivity contribution in [2.24, 2.45) is 7.05 Å². The highest BCUT2D eigenvalue weighted by Crippen LogP contribution is 2.26. The fourth-order valence-electron chi connectivity index (χ4n) is 3.19. The van der Waals surface area contributed by atoms with Crippen LogP contribution in [0.5, 0.6) is 0 Å². The number of nitrogens with one attached hydrogen (secondary N) is 1. The number of ketones is 1.